The van der Waals surface area contributed by atoms with Crippen molar-refractivity contribution in [3.8, 4) is 0 Å². The molecule has 0 aromatic carbocycles. The van der Waals surface area contributed by atoms with Gasteiger partial charge in [-0.05, 0) is 14.1 Å². The molecule has 0 aromatic rings. The van der Waals surface area contributed by atoms with Gasteiger partial charge in [0.1, 0.15) is 0 Å². The third-order valence-electron chi connectivity index (χ3n) is 1.67. The van der Waals surface area contributed by atoms with Gasteiger partial charge in [-0.15, -0.1) is 0 Å². The smallest absolute Gasteiger partial charge is 0.292 e. The molecule has 0 N–H and O–H groups in total. The summed E-state index contributed by atoms with van der Waals surface area (Å²) < 4.78 is 0. The molecule has 0 bridgehead atoms. The fraction of sp³-hybridized carbons (Fsp3) is 0.571. The molecule has 6 heteroatoms. The summed E-state index contributed by atoms with van der Waals surface area (Å²) in [6, 6.07) is -0.566. The molecule has 6 nitrogen and oxygen atoms in total. The highest BCUT2D eigenvalue weighted by Crippen LogP contribution is 2.08. The number of carbonyl (C=O) groups excluding carboxylic acids is 3. The Bertz CT molecular complexity index is 274. The van der Waals surface area contributed by atoms with Crippen molar-refractivity contribution in [2.75, 3.05) is 27.8 Å². The average Bonchev–Trinajstić information content (AvgIpc) is 2.22. The van der Waals surface area contributed by atoms with Crippen molar-refractivity contribution >= 4 is 17.8 Å². The maximum atomic E-state index is 11.2. The predicted octanol–water partition coefficient (Wildman–Crippen LogP) is -1.07. The SMILES string of the molecule is CN(C)CN1C(=O)C(=O)N(C)C1=O. The van der Waals surface area contributed by atoms with Crippen LogP contribution < -0.4 is 0 Å². The molecule has 0 radical (unpaired) electrons. The molecule has 4 amide bonds. The third-order valence-corrected chi connectivity index (χ3v) is 1.67. The zero-order valence-corrected chi connectivity index (χ0v) is 7.77. The Hall–Kier alpha value is -1.43. The lowest BCUT2D eigenvalue weighted by atomic mass is 10.5. The zero-order valence-electron chi connectivity index (χ0n) is 7.77. The second-order valence-electron chi connectivity index (χ2n) is 3.10. The van der Waals surface area contributed by atoms with E-state index in [1.54, 1.807) is 19.0 Å². The van der Waals surface area contributed by atoms with E-state index < -0.39 is 17.8 Å². The minimum atomic E-state index is -0.771. The zero-order chi connectivity index (χ0) is 10.2. The number of rotatable bonds is 2. The molecule has 0 aliphatic carbocycles. The van der Waals surface area contributed by atoms with E-state index in [4.69, 9.17) is 0 Å². The summed E-state index contributed by atoms with van der Waals surface area (Å²) in [6.45, 7) is 0.133. The third kappa shape index (κ3) is 1.52. The van der Waals surface area contributed by atoms with Crippen LogP contribution in [-0.4, -0.2) is 60.4 Å². The number of urea groups is 1. The summed E-state index contributed by atoms with van der Waals surface area (Å²) in [5, 5.41) is 0. The van der Waals surface area contributed by atoms with Crippen molar-refractivity contribution < 1.29 is 14.4 Å². The van der Waals surface area contributed by atoms with E-state index in [-0.39, 0.29) is 6.67 Å². The molecule has 1 aliphatic heterocycles. The van der Waals surface area contributed by atoms with E-state index in [0.717, 1.165) is 9.80 Å². The Labute approximate surface area is 75.7 Å². The van der Waals surface area contributed by atoms with Gasteiger partial charge in [0, 0.05) is 7.05 Å². The number of carbonyl (C=O) groups is 3. The van der Waals surface area contributed by atoms with Gasteiger partial charge in [0.25, 0.3) is 0 Å². The van der Waals surface area contributed by atoms with Crippen molar-refractivity contribution in [2.24, 2.45) is 0 Å². The van der Waals surface area contributed by atoms with Crippen molar-refractivity contribution in [2.45, 2.75) is 0 Å². The van der Waals surface area contributed by atoms with Crippen LogP contribution in [0.15, 0.2) is 0 Å². The van der Waals surface area contributed by atoms with Gasteiger partial charge in [0.15, 0.2) is 0 Å². The molecule has 13 heavy (non-hydrogen) atoms. The van der Waals surface area contributed by atoms with Crippen molar-refractivity contribution in [1.29, 1.82) is 0 Å². The second-order valence-corrected chi connectivity index (χ2v) is 3.10. The lowest BCUT2D eigenvalue weighted by Gasteiger charge is -2.17. The first-order chi connectivity index (χ1) is 5.95. The minimum Gasteiger partial charge on any atom is -0.292 e. The van der Waals surface area contributed by atoms with Crippen LogP contribution in [0.1, 0.15) is 0 Å². The lowest BCUT2D eigenvalue weighted by Crippen LogP contribution is -2.38. The average molecular weight is 185 g/mol. The monoisotopic (exact) mass is 185 g/mol. The quantitative estimate of drug-likeness (QED) is 0.406. The van der Waals surface area contributed by atoms with E-state index in [1.165, 1.54) is 7.05 Å². The Morgan fingerprint density at radius 3 is 2.00 bits per heavy atom. The molecular weight excluding hydrogens is 174 g/mol. The van der Waals surface area contributed by atoms with Crippen molar-refractivity contribution in [1.82, 2.24) is 14.7 Å². The number of hydrogen-bond donors (Lipinski definition) is 0. The van der Waals surface area contributed by atoms with Crippen LogP contribution in [0.25, 0.3) is 0 Å². The summed E-state index contributed by atoms with van der Waals surface area (Å²) in [5.41, 5.74) is 0. The highest BCUT2D eigenvalue weighted by molar-refractivity contribution is 6.44. The fourth-order valence-corrected chi connectivity index (χ4v) is 1.02. The molecule has 1 heterocycles. The van der Waals surface area contributed by atoms with Gasteiger partial charge in [0.05, 0.1) is 6.67 Å². The molecule has 0 spiro atoms. The highest BCUT2D eigenvalue weighted by atomic mass is 16.2. The molecule has 1 fully saturated rings. The van der Waals surface area contributed by atoms with Gasteiger partial charge in [0.2, 0.25) is 0 Å². The highest BCUT2D eigenvalue weighted by Gasteiger charge is 2.42. The number of hydrogen-bond acceptors (Lipinski definition) is 4. The summed E-state index contributed by atoms with van der Waals surface area (Å²) in [4.78, 5) is 36.8. The Morgan fingerprint density at radius 1 is 1.15 bits per heavy atom. The maximum absolute atomic E-state index is 11.2. The molecule has 1 saturated heterocycles. The van der Waals surface area contributed by atoms with Gasteiger partial charge >= 0.3 is 17.8 Å². The first kappa shape index (κ1) is 9.66. The summed E-state index contributed by atoms with van der Waals surface area (Å²) in [7, 11) is 4.71. The summed E-state index contributed by atoms with van der Waals surface area (Å²) >= 11 is 0. The normalized spacial score (nSPS) is 18.0. The van der Waals surface area contributed by atoms with E-state index in [9.17, 15) is 14.4 Å². The van der Waals surface area contributed by atoms with Gasteiger partial charge in [-0.1, -0.05) is 0 Å². The Balaban J connectivity index is 2.82. The van der Waals surface area contributed by atoms with Crippen LogP contribution in [-0.2, 0) is 9.59 Å². The molecule has 72 valence electrons. The predicted molar refractivity (Wildman–Crippen MR) is 43.6 cm³/mol. The van der Waals surface area contributed by atoms with Crippen LogP contribution in [0, 0.1) is 0 Å². The van der Waals surface area contributed by atoms with E-state index >= 15 is 0 Å². The largest absolute Gasteiger partial charge is 0.335 e. The summed E-state index contributed by atoms with van der Waals surface area (Å²) in [5.74, 6) is -1.53. The van der Waals surface area contributed by atoms with Crippen molar-refractivity contribution in [3.05, 3.63) is 0 Å². The van der Waals surface area contributed by atoms with E-state index in [1.807, 2.05) is 0 Å². The molecular formula is C7H11N3O3. The minimum absolute atomic E-state index is 0.133. The molecule has 1 rings (SSSR count). The van der Waals surface area contributed by atoms with Crippen LogP contribution in [0.2, 0.25) is 0 Å². The second kappa shape index (κ2) is 3.14. The first-order valence-corrected chi connectivity index (χ1v) is 3.73. The first-order valence-electron chi connectivity index (χ1n) is 3.73. The molecule has 0 saturated carbocycles. The van der Waals surface area contributed by atoms with E-state index in [2.05, 4.69) is 0 Å². The number of imide groups is 2. The van der Waals surface area contributed by atoms with Gasteiger partial charge in [-0.25, -0.2) is 9.69 Å². The van der Waals surface area contributed by atoms with Crippen molar-refractivity contribution in [3.63, 3.8) is 0 Å². The molecule has 0 atom stereocenters. The van der Waals surface area contributed by atoms with E-state index in [0.29, 0.717) is 0 Å². The Kier molecular flexibility index (Phi) is 2.33. The van der Waals surface area contributed by atoms with Crippen LogP contribution in [0.4, 0.5) is 4.79 Å². The Morgan fingerprint density at radius 2 is 1.69 bits per heavy atom. The summed E-state index contributed by atoms with van der Waals surface area (Å²) in [6.07, 6.45) is 0. The van der Waals surface area contributed by atoms with Gasteiger partial charge in [-0.3, -0.25) is 19.4 Å². The number of nitrogens with zero attached hydrogens (tertiary/aromatic N) is 3. The van der Waals surface area contributed by atoms with Crippen LogP contribution in [0.3, 0.4) is 0 Å². The maximum Gasteiger partial charge on any atom is 0.335 e. The number of amides is 4. The van der Waals surface area contributed by atoms with Gasteiger partial charge in [-0.2, -0.15) is 0 Å². The fourth-order valence-electron chi connectivity index (χ4n) is 1.02. The van der Waals surface area contributed by atoms with Crippen LogP contribution in [0.5, 0.6) is 0 Å². The topological polar surface area (TPSA) is 60.9 Å². The standard InChI is InChI=1S/C7H11N3O3/c1-8(2)4-10-6(12)5(11)9(3)7(10)13/h4H2,1-3H3. The molecule has 1 aliphatic rings. The molecule has 0 aromatic heterocycles. The van der Waals surface area contributed by atoms with Gasteiger partial charge < -0.3 is 0 Å². The van der Waals surface area contributed by atoms with Crippen LogP contribution >= 0.6 is 0 Å². The molecule has 0 unspecified atom stereocenters. The number of likely N-dealkylation sites (N-methyl/N-ethyl adjacent to an activating group) is 1. The lowest BCUT2D eigenvalue weighted by molar-refractivity contribution is -0.143.